The van der Waals surface area contributed by atoms with Gasteiger partial charge in [-0.2, -0.15) is 0 Å². The average molecular weight is 295 g/mol. The van der Waals surface area contributed by atoms with Crippen LogP contribution in [0.15, 0.2) is 18.2 Å². The first-order valence-corrected chi connectivity index (χ1v) is 7.26. The largest absolute Gasteiger partial charge is 0.490 e. The lowest BCUT2D eigenvalue weighted by molar-refractivity contribution is -0.141. The molecular formula is C16H25NO4. The number of rotatable bonds is 9. The maximum absolute atomic E-state index is 11.2. The van der Waals surface area contributed by atoms with Crippen LogP contribution in [0.2, 0.25) is 0 Å². The number of esters is 1. The molecule has 0 aliphatic rings. The second-order valence-electron chi connectivity index (χ2n) is 4.89. The van der Waals surface area contributed by atoms with Gasteiger partial charge in [0.1, 0.15) is 0 Å². The third-order valence-electron chi connectivity index (χ3n) is 2.84. The van der Waals surface area contributed by atoms with Crippen molar-refractivity contribution in [2.75, 3.05) is 20.3 Å². The first-order valence-electron chi connectivity index (χ1n) is 7.26. The Morgan fingerprint density at radius 3 is 2.67 bits per heavy atom. The first-order chi connectivity index (χ1) is 10.1. The molecule has 0 unspecified atom stereocenters. The minimum Gasteiger partial charge on any atom is -0.490 e. The van der Waals surface area contributed by atoms with Gasteiger partial charge in [0.15, 0.2) is 11.5 Å². The molecule has 0 aliphatic carbocycles. The van der Waals surface area contributed by atoms with Crippen molar-refractivity contribution in [2.24, 2.45) is 0 Å². The zero-order valence-electron chi connectivity index (χ0n) is 13.3. The molecular weight excluding hydrogens is 270 g/mol. The van der Waals surface area contributed by atoms with E-state index in [1.165, 1.54) is 7.11 Å². The molecule has 1 aromatic carbocycles. The van der Waals surface area contributed by atoms with E-state index in [0.717, 1.165) is 5.56 Å². The van der Waals surface area contributed by atoms with Crippen molar-refractivity contribution in [2.45, 2.75) is 39.8 Å². The van der Waals surface area contributed by atoms with Crippen LogP contribution in [-0.4, -0.2) is 32.3 Å². The zero-order chi connectivity index (χ0) is 15.7. The Kier molecular flexibility index (Phi) is 7.61. The highest BCUT2D eigenvalue weighted by Gasteiger charge is 2.12. The van der Waals surface area contributed by atoms with E-state index in [2.05, 4.69) is 23.9 Å². The van der Waals surface area contributed by atoms with Gasteiger partial charge in [0.05, 0.1) is 26.7 Å². The Hall–Kier alpha value is -1.75. The highest BCUT2D eigenvalue weighted by atomic mass is 16.5. The summed E-state index contributed by atoms with van der Waals surface area (Å²) in [5.41, 5.74) is 1.01. The van der Waals surface area contributed by atoms with Gasteiger partial charge in [-0.25, -0.2) is 0 Å². The number of ether oxygens (including phenoxy) is 3. The van der Waals surface area contributed by atoms with Gasteiger partial charge in [-0.15, -0.1) is 0 Å². The molecule has 1 N–H and O–H groups in total. The molecule has 0 aliphatic heterocycles. The van der Waals surface area contributed by atoms with Crippen molar-refractivity contribution in [3.05, 3.63) is 23.8 Å². The highest BCUT2D eigenvalue weighted by Crippen LogP contribution is 2.31. The average Bonchev–Trinajstić information content (AvgIpc) is 2.47. The van der Waals surface area contributed by atoms with E-state index < -0.39 is 0 Å². The lowest BCUT2D eigenvalue weighted by Gasteiger charge is -2.17. The summed E-state index contributed by atoms with van der Waals surface area (Å²) in [7, 11) is 1.37. The molecule has 0 spiro atoms. The summed E-state index contributed by atoms with van der Waals surface area (Å²) in [6.45, 7) is 7.62. The third-order valence-corrected chi connectivity index (χ3v) is 2.84. The number of carbonyl (C=O) groups is 1. The van der Waals surface area contributed by atoms with Crippen LogP contribution in [0, 0.1) is 0 Å². The van der Waals surface area contributed by atoms with E-state index in [0.29, 0.717) is 30.7 Å². The summed E-state index contributed by atoms with van der Waals surface area (Å²) >= 11 is 0. The lowest BCUT2D eigenvalue weighted by Crippen LogP contribution is -2.22. The van der Waals surface area contributed by atoms with Crippen LogP contribution in [0.5, 0.6) is 11.5 Å². The van der Waals surface area contributed by atoms with E-state index in [1.54, 1.807) is 0 Å². The molecule has 0 radical (unpaired) electrons. The van der Waals surface area contributed by atoms with Gasteiger partial charge in [-0.1, -0.05) is 26.0 Å². The summed E-state index contributed by atoms with van der Waals surface area (Å²) in [5, 5.41) is 3.35. The molecule has 0 bridgehead atoms. The van der Waals surface area contributed by atoms with Gasteiger partial charge in [0, 0.05) is 18.2 Å². The van der Waals surface area contributed by atoms with Crippen LogP contribution < -0.4 is 14.8 Å². The number of hydrogen-bond donors (Lipinski definition) is 1. The van der Waals surface area contributed by atoms with E-state index in [-0.39, 0.29) is 19.0 Å². The normalized spacial score (nSPS) is 10.5. The molecule has 0 atom stereocenters. The number of nitrogens with one attached hydrogen (secondary N) is 1. The molecule has 0 fully saturated rings. The first kappa shape index (κ1) is 17.3. The number of carbonyl (C=O) groups excluding carboxylic acids is 1. The van der Waals surface area contributed by atoms with Crippen LogP contribution >= 0.6 is 0 Å². The van der Waals surface area contributed by atoms with E-state index >= 15 is 0 Å². The molecule has 0 saturated carbocycles. The van der Waals surface area contributed by atoms with Crippen molar-refractivity contribution in [3.63, 3.8) is 0 Å². The minimum absolute atomic E-state index is 0.216. The minimum atomic E-state index is -0.286. The van der Waals surface area contributed by atoms with Crippen LogP contribution in [0.25, 0.3) is 0 Å². The molecule has 0 saturated heterocycles. The molecule has 1 rings (SSSR count). The van der Waals surface area contributed by atoms with Gasteiger partial charge in [0.25, 0.3) is 0 Å². The Balaban J connectivity index is 2.80. The van der Waals surface area contributed by atoms with Gasteiger partial charge in [-0.3, -0.25) is 4.79 Å². The fourth-order valence-electron chi connectivity index (χ4n) is 1.79. The van der Waals surface area contributed by atoms with Crippen LogP contribution in [-0.2, 0) is 16.1 Å². The fraction of sp³-hybridized carbons (Fsp3) is 0.562. The van der Waals surface area contributed by atoms with Gasteiger partial charge in [-0.05, 0) is 13.0 Å². The van der Waals surface area contributed by atoms with Gasteiger partial charge in [0.2, 0.25) is 0 Å². The molecule has 0 aromatic heterocycles. The fourth-order valence-corrected chi connectivity index (χ4v) is 1.79. The summed E-state index contributed by atoms with van der Waals surface area (Å²) in [6, 6.07) is 6.18. The van der Waals surface area contributed by atoms with Crippen LogP contribution in [0.3, 0.4) is 0 Å². The summed E-state index contributed by atoms with van der Waals surface area (Å²) in [6.07, 6.45) is 0.216. The molecule has 0 amide bonds. The maximum atomic E-state index is 11.2. The van der Waals surface area contributed by atoms with Gasteiger partial charge < -0.3 is 19.5 Å². The van der Waals surface area contributed by atoms with E-state index in [1.807, 2.05) is 25.1 Å². The predicted octanol–water partition coefficient (Wildman–Crippen LogP) is 2.53. The Morgan fingerprint density at radius 1 is 1.29 bits per heavy atom. The maximum Gasteiger partial charge on any atom is 0.308 e. The topological polar surface area (TPSA) is 56.8 Å². The molecule has 1 aromatic rings. The van der Waals surface area contributed by atoms with Gasteiger partial charge >= 0.3 is 5.97 Å². The van der Waals surface area contributed by atoms with Crippen molar-refractivity contribution >= 4 is 5.97 Å². The lowest BCUT2D eigenvalue weighted by atomic mass is 10.1. The van der Waals surface area contributed by atoms with Crippen molar-refractivity contribution in [1.29, 1.82) is 0 Å². The molecule has 5 heteroatoms. The van der Waals surface area contributed by atoms with Crippen molar-refractivity contribution in [1.82, 2.24) is 5.32 Å². The SMILES string of the molecule is CCOc1cccc(CNC(C)C)c1OCCC(=O)OC. The van der Waals surface area contributed by atoms with Crippen molar-refractivity contribution in [3.8, 4) is 11.5 Å². The molecule has 5 nitrogen and oxygen atoms in total. The number of benzene rings is 1. The summed E-state index contributed by atoms with van der Waals surface area (Å²) in [4.78, 5) is 11.2. The number of methoxy groups -OCH3 is 1. The quantitative estimate of drug-likeness (QED) is 0.709. The smallest absolute Gasteiger partial charge is 0.308 e. The van der Waals surface area contributed by atoms with E-state index in [9.17, 15) is 4.79 Å². The third kappa shape index (κ3) is 6.04. The molecule has 118 valence electrons. The van der Waals surface area contributed by atoms with Crippen molar-refractivity contribution < 1.29 is 19.0 Å². The monoisotopic (exact) mass is 295 g/mol. The molecule has 0 heterocycles. The van der Waals surface area contributed by atoms with Crippen LogP contribution in [0.1, 0.15) is 32.8 Å². The van der Waals surface area contributed by atoms with Crippen LogP contribution in [0.4, 0.5) is 0 Å². The Bertz CT molecular complexity index is 446. The molecule has 21 heavy (non-hydrogen) atoms. The Labute approximate surface area is 126 Å². The standard InChI is InChI=1S/C16H25NO4/c1-5-20-14-8-6-7-13(11-17-12(2)3)16(14)21-10-9-15(18)19-4/h6-8,12,17H,5,9-11H2,1-4H3. The zero-order valence-corrected chi connectivity index (χ0v) is 13.3. The number of hydrogen-bond acceptors (Lipinski definition) is 5. The predicted molar refractivity (Wildman–Crippen MR) is 81.7 cm³/mol. The second-order valence-corrected chi connectivity index (χ2v) is 4.89. The second kappa shape index (κ2) is 9.23. The summed E-state index contributed by atoms with van der Waals surface area (Å²) in [5.74, 6) is 1.10. The highest BCUT2D eigenvalue weighted by molar-refractivity contribution is 5.69. The van der Waals surface area contributed by atoms with E-state index in [4.69, 9.17) is 9.47 Å². The number of para-hydroxylation sites is 1. The summed E-state index contributed by atoms with van der Waals surface area (Å²) < 4.78 is 16.0. The Morgan fingerprint density at radius 2 is 2.05 bits per heavy atom.